The highest BCUT2D eigenvalue weighted by atomic mass is 16.4. The zero-order valence-corrected chi connectivity index (χ0v) is 18.1. The summed E-state index contributed by atoms with van der Waals surface area (Å²) < 4.78 is 0.415. The average Bonchev–Trinajstić information content (AvgIpc) is 3.02. The zero-order chi connectivity index (χ0) is 21.0. The Labute approximate surface area is 170 Å². The molecule has 2 atom stereocenters. The molecule has 1 aliphatic heterocycles. The number of unbranched alkanes of at least 4 members (excludes halogenated alkanes) is 8. The summed E-state index contributed by atoms with van der Waals surface area (Å²) in [5, 5.41) is 18.6. The van der Waals surface area contributed by atoms with Gasteiger partial charge in [-0.05, 0) is 20.3 Å². The monoisotopic (exact) mass is 397 g/mol. The third kappa shape index (κ3) is 9.09. The Bertz CT molecular complexity index is 485. The molecule has 0 radical (unpaired) electrons. The number of carboxylic acids is 2. The molecule has 2 unspecified atom stereocenters. The third-order valence-electron chi connectivity index (χ3n) is 5.72. The lowest BCUT2D eigenvalue weighted by Crippen LogP contribution is -2.51. The molecule has 6 nitrogen and oxygen atoms in total. The van der Waals surface area contributed by atoms with Crippen LogP contribution < -0.4 is 0 Å². The van der Waals surface area contributed by atoms with Gasteiger partial charge in [-0.3, -0.25) is 14.1 Å². The van der Waals surface area contributed by atoms with Gasteiger partial charge in [0, 0.05) is 6.54 Å². The molecular weight excluding hydrogens is 356 g/mol. The van der Waals surface area contributed by atoms with Crippen LogP contribution in [0.1, 0.15) is 78.6 Å². The maximum atomic E-state index is 11.3. The van der Waals surface area contributed by atoms with Crippen molar-refractivity contribution in [3.8, 4) is 0 Å². The van der Waals surface area contributed by atoms with Crippen LogP contribution in [0.5, 0.6) is 0 Å². The van der Waals surface area contributed by atoms with Crippen molar-refractivity contribution in [3.63, 3.8) is 0 Å². The van der Waals surface area contributed by atoms with Crippen LogP contribution in [0.2, 0.25) is 0 Å². The quantitative estimate of drug-likeness (QED) is 0.296. The number of nitrogens with zero attached hydrogens (tertiary/aromatic N) is 2. The molecule has 0 aromatic carbocycles. The van der Waals surface area contributed by atoms with E-state index in [2.05, 4.69) is 11.8 Å². The molecule has 1 aliphatic rings. The fourth-order valence-corrected chi connectivity index (χ4v) is 4.02. The molecule has 0 aliphatic carbocycles. The molecule has 2 N–H and O–H groups in total. The normalized spacial score (nSPS) is 21.0. The SMILES string of the molecule is CCCCCCCCCCCN1C=C[N+](CC(C)C(=O)O)(CC(C)C(=O)O)C1. The number of hydrogen-bond acceptors (Lipinski definition) is 3. The van der Waals surface area contributed by atoms with Gasteiger partial charge in [0.15, 0.2) is 6.67 Å². The van der Waals surface area contributed by atoms with Gasteiger partial charge in [-0.2, -0.15) is 0 Å². The number of quaternary nitrogens is 1. The van der Waals surface area contributed by atoms with Crippen molar-refractivity contribution in [3.05, 3.63) is 12.4 Å². The first-order chi connectivity index (χ1) is 13.3. The van der Waals surface area contributed by atoms with Gasteiger partial charge in [-0.1, -0.05) is 58.3 Å². The molecule has 0 amide bonds. The summed E-state index contributed by atoms with van der Waals surface area (Å²) in [6, 6.07) is 0. The largest absolute Gasteiger partial charge is 0.481 e. The van der Waals surface area contributed by atoms with Crippen molar-refractivity contribution in [1.29, 1.82) is 0 Å². The average molecular weight is 398 g/mol. The summed E-state index contributed by atoms with van der Waals surface area (Å²) in [5.41, 5.74) is 0. The van der Waals surface area contributed by atoms with Gasteiger partial charge in [-0.15, -0.1) is 0 Å². The van der Waals surface area contributed by atoms with Gasteiger partial charge in [0.2, 0.25) is 0 Å². The Morgan fingerprint density at radius 2 is 1.36 bits per heavy atom. The summed E-state index contributed by atoms with van der Waals surface area (Å²) >= 11 is 0. The van der Waals surface area contributed by atoms with Crippen molar-refractivity contribution in [2.24, 2.45) is 11.8 Å². The Morgan fingerprint density at radius 1 is 0.893 bits per heavy atom. The molecule has 6 heteroatoms. The summed E-state index contributed by atoms with van der Waals surface area (Å²) in [6.45, 7) is 8.12. The lowest BCUT2D eigenvalue weighted by molar-refractivity contribution is -0.885. The maximum Gasteiger partial charge on any atom is 0.311 e. The van der Waals surface area contributed by atoms with E-state index in [-0.39, 0.29) is 0 Å². The molecule has 0 saturated carbocycles. The number of hydrogen-bond donors (Lipinski definition) is 2. The second kappa shape index (κ2) is 12.8. The first kappa shape index (κ1) is 24.5. The van der Waals surface area contributed by atoms with E-state index in [0.29, 0.717) is 24.2 Å². The predicted octanol–water partition coefficient (Wildman–Crippen LogP) is 4.52. The summed E-state index contributed by atoms with van der Waals surface area (Å²) in [5.74, 6) is -2.66. The molecule has 0 spiro atoms. The smallest absolute Gasteiger partial charge is 0.311 e. The van der Waals surface area contributed by atoms with Crippen LogP contribution in [0.25, 0.3) is 0 Å². The second-order valence-corrected chi connectivity index (χ2v) is 8.64. The molecule has 162 valence electrons. The maximum absolute atomic E-state index is 11.3. The summed E-state index contributed by atoms with van der Waals surface area (Å²) in [7, 11) is 0. The number of rotatable bonds is 16. The minimum Gasteiger partial charge on any atom is -0.481 e. The predicted molar refractivity (Wildman–Crippen MR) is 112 cm³/mol. The van der Waals surface area contributed by atoms with E-state index >= 15 is 0 Å². The Kier molecular flexibility index (Phi) is 11.2. The van der Waals surface area contributed by atoms with Crippen LogP contribution >= 0.6 is 0 Å². The van der Waals surface area contributed by atoms with Crippen molar-refractivity contribution >= 4 is 11.9 Å². The van der Waals surface area contributed by atoms with Gasteiger partial charge in [-0.25, -0.2) is 0 Å². The van der Waals surface area contributed by atoms with Crippen LogP contribution in [-0.2, 0) is 9.59 Å². The fraction of sp³-hybridized carbons (Fsp3) is 0.818. The van der Waals surface area contributed by atoms with E-state index in [1.807, 2.05) is 12.4 Å². The Balaban J connectivity index is 2.39. The van der Waals surface area contributed by atoms with E-state index in [4.69, 9.17) is 0 Å². The van der Waals surface area contributed by atoms with Gasteiger partial charge >= 0.3 is 11.9 Å². The van der Waals surface area contributed by atoms with Crippen molar-refractivity contribution in [1.82, 2.24) is 4.90 Å². The summed E-state index contributed by atoms with van der Waals surface area (Å²) in [6.07, 6.45) is 15.7. The van der Waals surface area contributed by atoms with Crippen molar-refractivity contribution in [2.45, 2.75) is 78.6 Å². The number of carboxylic acid groups (broad SMARTS) is 2. The van der Waals surface area contributed by atoms with E-state index in [9.17, 15) is 19.8 Å². The second-order valence-electron chi connectivity index (χ2n) is 8.64. The van der Waals surface area contributed by atoms with Gasteiger partial charge in [0.1, 0.15) is 18.0 Å². The van der Waals surface area contributed by atoms with Gasteiger partial charge in [0.25, 0.3) is 0 Å². The van der Waals surface area contributed by atoms with E-state index in [1.54, 1.807) is 13.8 Å². The topological polar surface area (TPSA) is 77.8 Å². The Morgan fingerprint density at radius 3 is 1.82 bits per heavy atom. The Hall–Kier alpha value is -1.56. The third-order valence-corrected chi connectivity index (χ3v) is 5.72. The fourth-order valence-electron chi connectivity index (χ4n) is 4.02. The van der Waals surface area contributed by atoms with Gasteiger partial charge < -0.3 is 15.1 Å². The van der Waals surface area contributed by atoms with Crippen LogP contribution in [0.3, 0.4) is 0 Å². The van der Waals surface area contributed by atoms with Crippen LogP contribution in [-0.4, -0.2) is 57.8 Å². The zero-order valence-electron chi connectivity index (χ0n) is 18.1. The van der Waals surface area contributed by atoms with Crippen molar-refractivity contribution < 1.29 is 24.3 Å². The number of carbonyl (C=O) groups is 2. The highest BCUT2D eigenvalue weighted by Gasteiger charge is 2.38. The molecule has 1 heterocycles. The molecule has 0 saturated heterocycles. The molecule has 0 fully saturated rings. The van der Waals surface area contributed by atoms with E-state index in [0.717, 1.165) is 13.0 Å². The molecule has 0 aromatic heterocycles. The number of aliphatic carboxylic acids is 2. The van der Waals surface area contributed by atoms with Crippen LogP contribution in [0.15, 0.2) is 12.4 Å². The summed E-state index contributed by atoms with van der Waals surface area (Å²) in [4.78, 5) is 24.9. The minimum absolute atomic E-state index is 0.415. The highest BCUT2D eigenvalue weighted by Crippen LogP contribution is 2.24. The van der Waals surface area contributed by atoms with Crippen molar-refractivity contribution in [2.75, 3.05) is 26.3 Å². The first-order valence-electron chi connectivity index (χ1n) is 11.0. The first-order valence-corrected chi connectivity index (χ1v) is 11.0. The van der Waals surface area contributed by atoms with Crippen LogP contribution in [0.4, 0.5) is 0 Å². The highest BCUT2D eigenvalue weighted by molar-refractivity contribution is 5.70. The molecule has 1 rings (SSSR count). The standard InChI is InChI=1S/C22H40N2O4/c1-4-5-6-7-8-9-10-11-12-13-23-14-15-24(18-23,16-19(2)21(25)26)17-20(3)22(27)28/h14-15,19-20H,4-13,16-18H2,1-3H3,(H-,25,26,27,28)/p+1. The van der Waals surface area contributed by atoms with E-state index in [1.165, 1.54) is 51.4 Å². The molecule has 28 heavy (non-hydrogen) atoms. The van der Waals surface area contributed by atoms with Gasteiger partial charge in [0.05, 0.1) is 19.3 Å². The molecule has 0 aromatic rings. The van der Waals surface area contributed by atoms with Crippen LogP contribution in [0, 0.1) is 11.8 Å². The minimum atomic E-state index is -0.828. The van der Waals surface area contributed by atoms with E-state index < -0.39 is 23.8 Å². The molecular formula is C22H41N2O4+. The molecule has 0 bridgehead atoms. The lowest BCUT2D eigenvalue weighted by Gasteiger charge is -2.35. The lowest BCUT2D eigenvalue weighted by atomic mass is 10.1.